The monoisotopic (exact) mass is 294 g/mol. The van der Waals surface area contributed by atoms with Gasteiger partial charge in [-0.05, 0) is 25.7 Å². The van der Waals surface area contributed by atoms with Crippen LogP contribution in [0.4, 0.5) is 0 Å². The maximum absolute atomic E-state index is 11.7. The number of carbonyl (C=O) groups is 3. The summed E-state index contributed by atoms with van der Waals surface area (Å²) < 4.78 is 0. The van der Waals surface area contributed by atoms with E-state index in [1.54, 1.807) is 0 Å². The summed E-state index contributed by atoms with van der Waals surface area (Å²) >= 11 is 0. The maximum Gasteiger partial charge on any atom is 0.249 e. The van der Waals surface area contributed by atoms with Gasteiger partial charge in [0.25, 0.3) is 0 Å². The van der Waals surface area contributed by atoms with Crippen molar-refractivity contribution in [3.63, 3.8) is 0 Å². The summed E-state index contributed by atoms with van der Waals surface area (Å²) in [6, 6.07) is -0.547. The lowest BCUT2D eigenvalue weighted by Gasteiger charge is -2.21. The summed E-state index contributed by atoms with van der Waals surface area (Å²) in [6.07, 6.45) is 10.8. The quantitative estimate of drug-likeness (QED) is 0.368. The number of rotatable bonds is 10. The van der Waals surface area contributed by atoms with Crippen LogP contribution in [0.2, 0.25) is 0 Å². The summed E-state index contributed by atoms with van der Waals surface area (Å²) in [6.45, 7) is 3.69. The molecule has 5 heteroatoms. The highest BCUT2D eigenvalue weighted by Crippen LogP contribution is 2.09. The third kappa shape index (κ3) is 7.63. The van der Waals surface area contributed by atoms with Crippen molar-refractivity contribution in [2.24, 2.45) is 0 Å². The molecule has 1 fully saturated rings. The third-order valence-corrected chi connectivity index (χ3v) is 3.64. The molecule has 2 N–H and O–H groups in total. The summed E-state index contributed by atoms with van der Waals surface area (Å²) in [5.41, 5.74) is 0. The van der Waals surface area contributed by atoms with Gasteiger partial charge in [0, 0.05) is 12.8 Å². The SMILES string of the molecule is C=CCCCCCCCCC(=O)N[C@@H]1CCC(=O)NC1=O. The molecule has 21 heavy (non-hydrogen) atoms. The third-order valence-electron chi connectivity index (χ3n) is 3.64. The second-order valence-corrected chi connectivity index (χ2v) is 5.52. The van der Waals surface area contributed by atoms with Gasteiger partial charge in [-0.2, -0.15) is 0 Å². The van der Waals surface area contributed by atoms with Crippen molar-refractivity contribution >= 4 is 17.7 Å². The highest BCUT2D eigenvalue weighted by Gasteiger charge is 2.27. The van der Waals surface area contributed by atoms with Crippen LogP contribution in [0.25, 0.3) is 0 Å². The van der Waals surface area contributed by atoms with Gasteiger partial charge in [0.05, 0.1) is 0 Å². The van der Waals surface area contributed by atoms with Crippen LogP contribution in [0, 0.1) is 0 Å². The minimum atomic E-state index is -0.547. The van der Waals surface area contributed by atoms with Gasteiger partial charge >= 0.3 is 0 Å². The van der Waals surface area contributed by atoms with Crippen LogP contribution in [0.15, 0.2) is 12.7 Å². The first kappa shape index (κ1) is 17.4. The topological polar surface area (TPSA) is 75.3 Å². The van der Waals surface area contributed by atoms with Gasteiger partial charge in [0.2, 0.25) is 17.7 Å². The minimum Gasteiger partial charge on any atom is -0.344 e. The molecule has 0 aromatic rings. The largest absolute Gasteiger partial charge is 0.344 e. The Hall–Kier alpha value is -1.65. The molecule has 1 aliphatic rings. The molecule has 1 rings (SSSR count). The van der Waals surface area contributed by atoms with E-state index in [1.807, 2.05) is 6.08 Å². The number of nitrogens with one attached hydrogen (secondary N) is 2. The smallest absolute Gasteiger partial charge is 0.249 e. The molecule has 5 nitrogen and oxygen atoms in total. The molecule has 0 aliphatic carbocycles. The Morgan fingerprint density at radius 2 is 1.86 bits per heavy atom. The van der Waals surface area contributed by atoms with Crippen molar-refractivity contribution in [2.45, 2.75) is 70.3 Å². The normalized spacial score (nSPS) is 18.2. The number of carbonyl (C=O) groups excluding carboxylic acids is 3. The molecule has 1 atom stereocenters. The van der Waals surface area contributed by atoms with Crippen LogP contribution >= 0.6 is 0 Å². The summed E-state index contributed by atoms with van der Waals surface area (Å²) in [4.78, 5) is 34.2. The van der Waals surface area contributed by atoms with Crippen LogP contribution < -0.4 is 10.6 Å². The van der Waals surface area contributed by atoms with E-state index in [-0.39, 0.29) is 17.7 Å². The van der Waals surface area contributed by atoms with Crippen LogP contribution in [0.3, 0.4) is 0 Å². The molecular weight excluding hydrogens is 268 g/mol. The second kappa shape index (κ2) is 10.1. The van der Waals surface area contributed by atoms with Crippen molar-refractivity contribution < 1.29 is 14.4 Å². The Kier molecular flexibility index (Phi) is 8.40. The lowest BCUT2D eigenvalue weighted by molar-refractivity contribution is -0.137. The molecule has 1 aliphatic heterocycles. The lowest BCUT2D eigenvalue weighted by atomic mass is 10.1. The first-order valence-electron chi connectivity index (χ1n) is 7.87. The molecule has 0 bridgehead atoms. The van der Waals surface area contributed by atoms with E-state index in [0.717, 1.165) is 25.7 Å². The molecule has 0 aromatic heterocycles. The fraction of sp³-hybridized carbons (Fsp3) is 0.688. The van der Waals surface area contributed by atoms with Crippen molar-refractivity contribution in [3.05, 3.63) is 12.7 Å². The zero-order valence-corrected chi connectivity index (χ0v) is 12.7. The van der Waals surface area contributed by atoms with Crippen molar-refractivity contribution in [1.82, 2.24) is 10.6 Å². The molecule has 0 aromatic carbocycles. The number of allylic oxidation sites excluding steroid dienone is 1. The predicted octanol–water partition coefficient (Wildman–Crippen LogP) is 2.21. The Morgan fingerprint density at radius 1 is 1.19 bits per heavy atom. The van der Waals surface area contributed by atoms with Gasteiger partial charge in [-0.1, -0.05) is 31.8 Å². The Balaban J connectivity index is 2.02. The molecule has 1 heterocycles. The molecule has 0 unspecified atom stereocenters. The molecule has 1 saturated heterocycles. The zero-order valence-electron chi connectivity index (χ0n) is 12.7. The van der Waals surface area contributed by atoms with Gasteiger partial charge in [-0.15, -0.1) is 6.58 Å². The molecule has 0 radical (unpaired) electrons. The van der Waals surface area contributed by atoms with E-state index in [9.17, 15) is 14.4 Å². The molecule has 3 amide bonds. The molecule has 0 spiro atoms. The van der Waals surface area contributed by atoms with Crippen molar-refractivity contribution in [3.8, 4) is 0 Å². The van der Waals surface area contributed by atoms with Gasteiger partial charge in [-0.25, -0.2) is 0 Å². The molecule has 0 saturated carbocycles. The van der Waals surface area contributed by atoms with Crippen LogP contribution in [0.1, 0.15) is 64.2 Å². The number of amides is 3. The van der Waals surface area contributed by atoms with Gasteiger partial charge in [0.15, 0.2) is 0 Å². The predicted molar refractivity (Wildman–Crippen MR) is 81.4 cm³/mol. The Bertz CT molecular complexity index is 380. The Morgan fingerprint density at radius 3 is 2.52 bits per heavy atom. The number of imide groups is 1. The lowest BCUT2D eigenvalue weighted by Crippen LogP contribution is -2.52. The van der Waals surface area contributed by atoms with Gasteiger partial charge in [0.1, 0.15) is 6.04 Å². The van der Waals surface area contributed by atoms with Crippen LogP contribution in [-0.2, 0) is 14.4 Å². The van der Waals surface area contributed by atoms with Crippen LogP contribution in [0.5, 0.6) is 0 Å². The average molecular weight is 294 g/mol. The maximum atomic E-state index is 11.7. The highest BCUT2D eigenvalue weighted by atomic mass is 16.2. The Labute approximate surface area is 126 Å². The van der Waals surface area contributed by atoms with E-state index in [0.29, 0.717) is 19.3 Å². The number of piperidine rings is 1. The summed E-state index contributed by atoms with van der Waals surface area (Å²) in [5, 5.41) is 4.93. The first-order valence-corrected chi connectivity index (χ1v) is 7.87. The van der Waals surface area contributed by atoms with Gasteiger partial charge in [-0.3, -0.25) is 19.7 Å². The summed E-state index contributed by atoms with van der Waals surface area (Å²) in [7, 11) is 0. The average Bonchev–Trinajstić information content (AvgIpc) is 2.45. The number of unbranched alkanes of at least 4 members (excludes halogenated alkanes) is 6. The van der Waals surface area contributed by atoms with Crippen molar-refractivity contribution in [2.75, 3.05) is 0 Å². The van der Waals surface area contributed by atoms with E-state index >= 15 is 0 Å². The number of hydrogen-bond acceptors (Lipinski definition) is 3. The molecular formula is C16H26N2O3. The second-order valence-electron chi connectivity index (χ2n) is 5.52. The molecule has 118 valence electrons. The fourth-order valence-corrected chi connectivity index (χ4v) is 2.38. The highest BCUT2D eigenvalue weighted by molar-refractivity contribution is 6.01. The first-order chi connectivity index (χ1) is 10.1. The van der Waals surface area contributed by atoms with Gasteiger partial charge < -0.3 is 5.32 Å². The zero-order chi connectivity index (χ0) is 15.5. The standard InChI is InChI=1S/C16H26N2O3/c1-2-3-4-5-6-7-8-9-10-14(19)17-13-11-12-15(20)18-16(13)21/h2,13H,1,3-12H2,(H,17,19)(H,18,20,21)/t13-/m1/s1. The number of hydrogen-bond donors (Lipinski definition) is 2. The van der Waals surface area contributed by atoms with E-state index < -0.39 is 6.04 Å². The van der Waals surface area contributed by atoms with E-state index in [1.165, 1.54) is 19.3 Å². The minimum absolute atomic E-state index is 0.101. The summed E-state index contributed by atoms with van der Waals surface area (Å²) in [5.74, 6) is -0.750. The van der Waals surface area contributed by atoms with Crippen LogP contribution in [-0.4, -0.2) is 23.8 Å². The fourth-order valence-electron chi connectivity index (χ4n) is 2.38. The van der Waals surface area contributed by atoms with E-state index in [4.69, 9.17) is 0 Å². The van der Waals surface area contributed by atoms with Crippen molar-refractivity contribution in [1.29, 1.82) is 0 Å². The van der Waals surface area contributed by atoms with E-state index in [2.05, 4.69) is 17.2 Å².